The van der Waals surface area contributed by atoms with E-state index in [0.29, 0.717) is 35.2 Å². The summed E-state index contributed by atoms with van der Waals surface area (Å²) in [6.07, 6.45) is 2.78. The van der Waals surface area contributed by atoms with E-state index in [1.807, 2.05) is 12.1 Å². The van der Waals surface area contributed by atoms with Gasteiger partial charge in [-0.2, -0.15) is 0 Å². The number of halogens is 2. The maximum atomic E-state index is 12.6. The predicted molar refractivity (Wildman–Crippen MR) is 104 cm³/mol. The van der Waals surface area contributed by atoms with Crippen molar-refractivity contribution >= 4 is 35.0 Å². The first-order valence-corrected chi connectivity index (χ1v) is 9.48. The molecule has 1 atom stereocenters. The van der Waals surface area contributed by atoms with E-state index in [2.05, 4.69) is 10.2 Å². The lowest BCUT2D eigenvalue weighted by molar-refractivity contribution is -0.134. The van der Waals surface area contributed by atoms with E-state index in [4.69, 9.17) is 27.6 Å². The third-order valence-electron chi connectivity index (χ3n) is 4.61. The standard InChI is InChI=1S/C19H21Cl2N3O3/c1-13(22-18(25)15-5-10-27-12-15)19(26)24-8-6-23(7-9-24)11-14-3-2-4-16(20)17(14)21/h2-5,10,12-13H,6-9,11H2,1H3,(H,22,25). The molecule has 1 aliphatic rings. The number of nitrogens with one attached hydrogen (secondary N) is 1. The Morgan fingerprint density at radius 1 is 1.19 bits per heavy atom. The molecule has 27 heavy (non-hydrogen) atoms. The number of carbonyl (C=O) groups is 2. The molecular weight excluding hydrogens is 389 g/mol. The Kier molecular flexibility index (Phi) is 6.42. The van der Waals surface area contributed by atoms with Gasteiger partial charge in [0.25, 0.3) is 5.91 Å². The average molecular weight is 410 g/mol. The van der Waals surface area contributed by atoms with Gasteiger partial charge < -0.3 is 14.6 Å². The predicted octanol–water partition coefficient (Wildman–Crippen LogP) is 3.05. The normalized spacial score (nSPS) is 16.2. The van der Waals surface area contributed by atoms with Gasteiger partial charge in [0.1, 0.15) is 12.3 Å². The van der Waals surface area contributed by atoms with Crippen molar-refractivity contribution in [2.24, 2.45) is 0 Å². The minimum atomic E-state index is -0.596. The number of rotatable bonds is 5. The second kappa shape index (κ2) is 8.78. The third-order valence-corrected chi connectivity index (χ3v) is 5.47. The molecule has 1 N–H and O–H groups in total. The Labute approximate surface area is 168 Å². The molecule has 2 amide bonds. The number of hydrogen-bond donors (Lipinski definition) is 1. The summed E-state index contributed by atoms with van der Waals surface area (Å²) in [6, 6.07) is 6.57. The summed E-state index contributed by atoms with van der Waals surface area (Å²) in [6.45, 7) is 5.05. The SMILES string of the molecule is CC(NC(=O)c1ccoc1)C(=O)N1CCN(Cc2cccc(Cl)c2Cl)CC1. The van der Waals surface area contributed by atoms with Gasteiger partial charge in [-0.15, -0.1) is 0 Å². The van der Waals surface area contributed by atoms with Crippen LogP contribution in [0.15, 0.2) is 41.2 Å². The smallest absolute Gasteiger partial charge is 0.255 e. The minimum Gasteiger partial charge on any atom is -0.472 e. The van der Waals surface area contributed by atoms with Crippen LogP contribution in [0.2, 0.25) is 10.0 Å². The lowest BCUT2D eigenvalue weighted by Crippen LogP contribution is -2.53. The molecular formula is C19H21Cl2N3O3. The van der Waals surface area contributed by atoms with E-state index in [1.165, 1.54) is 12.5 Å². The monoisotopic (exact) mass is 409 g/mol. The molecule has 144 valence electrons. The first kappa shape index (κ1) is 19.7. The Bertz CT molecular complexity index is 803. The molecule has 1 aromatic heterocycles. The van der Waals surface area contributed by atoms with E-state index in [9.17, 15) is 9.59 Å². The van der Waals surface area contributed by atoms with Crippen LogP contribution in [0.3, 0.4) is 0 Å². The van der Waals surface area contributed by atoms with Crippen molar-refractivity contribution in [2.75, 3.05) is 26.2 Å². The molecule has 1 saturated heterocycles. The van der Waals surface area contributed by atoms with E-state index in [0.717, 1.165) is 18.7 Å². The maximum absolute atomic E-state index is 12.6. The second-order valence-electron chi connectivity index (χ2n) is 6.52. The molecule has 0 saturated carbocycles. The highest BCUT2D eigenvalue weighted by Gasteiger charge is 2.26. The van der Waals surface area contributed by atoms with Crippen molar-refractivity contribution in [2.45, 2.75) is 19.5 Å². The van der Waals surface area contributed by atoms with Crippen LogP contribution in [-0.2, 0) is 11.3 Å². The summed E-state index contributed by atoms with van der Waals surface area (Å²) in [5.41, 5.74) is 1.38. The van der Waals surface area contributed by atoms with Crippen molar-refractivity contribution in [3.05, 3.63) is 58.0 Å². The molecule has 0 aliphatic carbocycles. The van der Waals surface area contributed by atoms with Gasteiger partial charge in [-0.05, 0) is 24.6 Å². The van der Waals surface area contributed by atoms with Gasteiger partial charge in [-0.3, -0.25) is 14.5 Å². The highest BCUT2D eigenvalue weighted by atomic mass is 35.5. The lowest BCUT2D eigenvalue weighted by atomic mass is 10.2. The van der Waals surface area contributed by atoms with Gasteiger partial charge in [0.05, 0.1) is 21.9 Å². The summed E-state index contributed by atoms with van der Waals surface area (Å²) in [7, 11) is 0. The number of hydrogen-bond acceptors (Lipinski definition) is 4. The zero-order chi connectivity index (χ0) is 19.4. The van der Waals surface area contributed by atoms with Gasteiger partial charge in [0.15, 0.2) is 0 Å². The summed E-state index contributed by atoms with van der Waals surface area (Å²) < 4.78 is 4.89. The van der Waals surface area contributed by atoms with Crippen molar-refractivity contribution in [1.82, 2.24) is 15.1 Å². The molecule has 1 aliphatic heterocycles. The average Bonchev–Trinajstić information content (AvgIpc) is 3.20. The zero-order valence-electron chi connectivity index (χ0n) is 15.0. The number of benzene rings is 1. The Hall–Kier alpha value is -2.02. The van der Waals surface area contributed by atoms with Crippen LogP contribution < -0.4 is 5.32 Å². The highest BCUT2D eigenvalue weighted by molar-refractivity contribution is 6.42. The fraction of sp³-hybridized carbons (Fsp3) is 0.368. The molecule has 6 nitrogen and oxygen atoms in total. The third kappa shape index (κ3) is 4.83. The van der Waals surface area contributed by atoms with E-state index in [1.54, 1.807) is 24.0 Å². The first-order chi connectivity index (χ1) is 13.0. The molecule has 1 unspecified atom stereocenters. The van der Waals surface area contributed by atoms with Crippen molar-refractivity contribution in [1.29, 1.82) is 0 Å². The maximum Gasteiger partial charge on any atom is 0.255 e. The first-order valence-electron chi connectivity index (χ1n) is 8.73. The molecule has 1 fully saturated rings. The molecule has 0 radical (unpaired) electrons. The minimum absolute atomic E-state index is 0.0905. The van der Waals surface area contributed by atoms with Gasteiger partial charge in [-0.1, -0.05) is 35.3 Å². The van der Waals surface area contributed by atoms with E-state index < -0.39 is 6.04 Å². The zero-order valence-corrected chi connectivity index (χ0v) is 16.5. The molecule has 3 rings (SSSR count). The summed E-state index contributed by atoms with van der Waals surface area (Å²) in [5, 5.41) is 3.83. The van der Waals surface area contributed by atoms with Crippen molar-refractivity contribution in [3.63, 3.8) is 0 Å². The molecule has 2 heterocycles. The Morgan fingerprint density at radius 2 is 1.93 bits per heavy atom. The van der Waals surface area contributed by atoms with Crippen LogP contribution in [0.4, 0.5) is 0 Å². The quantitative estimate of drug-likeness (QED) is 0.823. The van der Waals surface area contributed by atoms with Crippen LogP contribution >= 0.6 is 23.2 Å². The van der Waals surface area contributed by atoms with Crippen LogP contribution in [0, 0.1) is 0 Å². The summed E-state index contributed by atoms with van der Waals surface area (Å²) in [4.78, 5) is 28.6. The largest absolute Gasteiger partial charge is 0.472 e. The van der Waals surface area contributed by atoms with Gasteiger partial charge in [0, 0.05) is 32.7 Å². The second-order valence-corrected chi connectivity index (χ2v) is 7.31. The molecule has 0 spiro atoms. The number of nitrogens with zero attached hydrogens (tertiary/aromatic N) is 2. The number of piperazine rings is 1. The Morgan fingerprint density at radius 3 is 2.59 bits per heavy atom. The molecule has 8 heteroatoms. The fourth-order valence-corrected chi connectivity index (χ4v) is 3.43. The van der Waals surface area contributed by atoms with Crippen LogP contribution in [0.5, 0.6) is 0 Å². The number of furan rings is 1. The summed E-state index contributed by atoms with van der Waals surface area (Å²) in [5.74, 6) is -0.411. The Balaban J connectivity index is 1.50. The highest BCUT2D eigenvalue weighted by Crippen LogP contribution is 2.26. The van der Waals surface area contributed by atoms with Gasteiger partial charge in [0.2, 0.25) is 5.91 Å². The number of amides is 2. The molecule has 1 aromatic carbocycles. The van der Waals surface area contributed by atoms with Crippen LogP contribution in [-0.4, -0.2) is 53.8 Å². The fourth-order valence-electron chi connectivity index (χ4n) is 3.05. The van der Waals surface area contributed by atoms with Gasteiger partial charge in [-0.25, -0.2) is 0 Å². The van der Waals surface area contributed by atoms with Crippen molar-refractivity contribution in [3.8, 4) is 0 Å². The van der Waals surface area contributed by atoms with Crippen LogP contribution in [0.25, 0.3) is 0 Å². The van der Waals surface area contributed by atoms with E-state index in [-0.39, 0.29) is 11.8 Å². The number of carbonyl (C=O) groups excluding carboxylic acids is 2. The van der Waals surface area contributed by atoms with Crippen LogP contribution in [0.1, 0.15) is 22.8 Å². The van der Waals surface area contributed by atoms with Gasteiger partial charge >= 0.3 is 0 Å². The van der Waals surface area contributed by atoms with E-state index >= 15 is 0 Å². The molecule has 0 bridgehead atoms. The lowest BCUT2D eigenvalue weighted by Gasteiger charge is -2.36. The van der Waals surface area contributed by atoms with Crippen molar-refractivity contribution < 1.29 is 14.0 Å². The summed E-state index contributed by atoms with van der Waals surface area (Å²) >= 11 is 12.3. The topological polar surface area (TPSA) is 65.8 Å². The molecule has 2 aromatic rings.